The summed E-state index contributed by atoms with van der Waals surface area (Å²) in [5, 5.41) is 0.478. The Morgan fingerprint density at radius 2 is 1.68 bits per heavy atom. The first-order valence-corrected chi connectivity index (χ1v) is 8.40. The van der Waals surface area contributed by atoms with E-state index in [4.69, 9.17) is 17.3 Å². The topological polar surface area (TPSA) is 79.5 Å². The minimum atomic E-state index is -0.169. The Morgan fingerprint density at radius 3 is 2.28 bits per heavy atom. The summed E-state index contributed by atoms with van der Waals surface area (Å²) in [6.07, 6.45) is 1.51. The van der Waals surface area contributed by atoms with Gasteiger partial charge in [-0.15, -0.1) is 0 Å². The molecule has 2 N–H and O–H groups in total. The number of aryl methyl sites for hydroxylation is 1. The summed E-state index contributed by atoms with van der Waals surface area (Å²) >= 11 is 5.91. The number of halogens is 1. The number of benzene rings is 1. The lowest BCUT2D eigenvalue weighted by Crippen LogP contribution is -2.50. The standard InChI is InChI=1S/C18H19ClN4O2/c1-12-10-13(2-3-15(12)20)17(24)22-6-8-23(9-7-22)18(25)16-11-14(19)4-5-21-16/h2-5,10-11H,6-9,20H2,1H3. The summed E-state index contributed by atoms with van der Waals surface area (Å²) in [5.74, 6) is -0.214. The van der Waals surface area contributed by atoms with Crippen LogP contribution in [0.3, 0.4) is 0 Å². The van der Waals surface area contributed by atoms with E-state index in [1.165, 1.54) is 6.20 Å². The maximum Gasteiger partial charge on any atom is 0.272 e. The van der Waals surface area contributed by atoms with E-state index >= 15 is 0 Å². The van der Waals surface area contributed by atoms with Gasteiger partial charge in [-0.05, 0) is 42.8 Å². The van der Waals surface area contributed by atoms with Gasteiger partial charge in [-0.3, -0.25) is 14.6 Å². The highest BCUT2D eigenvalue weighted by atomic mass is 35.5. The number of nitrogens with two attached hydrogens (primary N) is 1. The first-order valence-electron chi connectivity index (χ1n) is 8.02. The summed E-state index contributed by atoms with van der Waals surface area (Å²) in [7, 11) is 0. The number of carbonyl (C=O) groups is 2. The first-order chi connectivity index (χ1) is 12.0. The fourth-order valence-electron chi connectivity index (χ4n) is 2.79. The van der Waals surface area contributed by atoms with E-state index in [1.54, 1.807) is 40.1 Å². The minimum Gasteiger partial charge on any atom is -0.399 e. The summed E-state index contributed by atoms with van der Waals surface area (Å²) in [6.45, 7) is 3.77. The van der Waals surface area contributed by atoms with Crippen molar-refractivity contribution in [2.24, 2.45) is 0 Å². The normalized spacial score (nSPS) is 14.5. The number of hydrogen-bond donors (Lipinski definition) is 1. The van der Waals surface area contributed by atoms with Crippen LogP contribution in [0, 0.1) is 6.92 Å². The Morgan fingerprint density at radius 1 is 1.04 bits per heavy atom. The van der Waals surface area contributed by atoms with E-state index in [0.717, 1.165) is 5.56 Å². The van der Waals surface area contributed by atoms with Gasteiger partial charge in [0.25, 0.3) is 11.8 Å². The van der Waals surface area contributed by atoms with Gasteiger partial charge < -0.3 is 15.5 Å². The smallest absolute Gasteiger partial charge is 0.272 e. The summed E-state index contributed by atoms with van der Waals surface area (Å²) < 4.78 is 0. The quantitative estimate of drug-likeness (QED) is 0.835. The van der Waals surface area contributed by atoms with Gasteiger partial charge in [0.15, 0.2) is 0 Å². The third kappa shape index (κ3) is 3.74. The van der Waals surface area contributed by atoms with Crippen LogP contribution in [0.4, 0.5) is 5.69 Å². The zero-order valence-corrected chi connectivity index (χ0v) is 14.7. The molecule has 0 bridgehead atoms. The maximum absolute atomic E-state index is 12.6. The van der Waals surface area contributed by atoms with Crippen molar-refractivity contribution < 1.29 is 9.59 Å². The van der Waals surface area contributed by atoms with Crippen LogP contribution in [0.15, 0.2) is 36.5 Å². The lowest BCUT2D eigenvalue weighted by Gasteiger charge is -2.34. The van der Waals surface area contributed by atoms with Crippen molar-refractivity contribution in [3.63, 3.8) is 0 Å². The SMILES string of the molecule is Cc1cc(C(=O)N2CCN(C(=O)c3cc(Cl)ccn3)CC2)ccc1N. The highest BCUT2D eigenvalue weighted by molar-refractivity contribution is 6.30. The van der Waals surface area contributed by atoms with Gasteiger partial charge in [0.1, 0.15) is 5.69 Å². The number of pyridine rings is 1. The molecular weight excluding hydrogens is 340 g/mol. The molecule has 2 amide bonds. The molecule has 1 aliphatic heterocycles. The number of carbonyl (C=O) groups excluding carboxylic acids is 2. The number of aromatic nitrogens is 1. The van der Waals surface area contributed by atoms with Crippen molar-refractivity contribution in [2.45, 2.75) is 6.92 Å². The molecule has 1 aliphatic rings. The Labute approximate surface area is 151 Å². The molecule has 1 fully saturated rings. The Hall–Kier alpha value is -2.60. The van der Waals surface area contributed by atoms with E-state index in [-0.39, 0.29) is 11.8 Å². The molecule has 2 aromatic rings. The molecule has 2 heterocycles. The van der Waals surface area contributed by atoms with E-state index in [9.17, 15) is 9.59 Å². The number of piperazine rings is 1. The van der Waals surface area contributed by atoms with Crippen LogP contribution in [-0.2, 0) is 0 Å². The zero-order chi connectivity index (χ0) is 18.0. The van der Waals surface area contributed by atoms with Crippen molar-refractivity contribution in [2.75, 3.05) is 31.9 Å². The molecular formula is C18H19ClN4O2. The molecule has 0 aliphatic carbocycles. The number of nitrogens with zero attached hydrogens (tertiary/aromatic N) is 3. The number of anilines is 1. The molecule has 130 valence electrons. The van der Waals surface area contributed by atoms with E-state index < -0.39 is 0 Å². The van der Waals surface area contributed by atoms with E-state index in [2.05, 4.69) is 4.98 Å². The first kappa shape index (κ1) is 17.2. The summed E-state index contributed by atoms with van der Waals surface area (Å²) in [5.41, 5.74) is 8.28. The second kappa shape index (κ2) is 7.11. The highest BCUT2D eigenvalue weighted by Crippen LogP contribution is 2.16. The average molecular weight is 359 g/mol. The van der Waals surface area contributed by atoms with Crippen LogP contribution >= 0.6 is 11.6 Å². The Balaban J connectivity index is 1.64. The number of nitrogen functional groups attached to an aromatic ring is 1. The zero-order valence-electron chi connectivity index (χ0n) is 13.9. The van der Waals surface area contributed by atoms with Crippen LogP contribution in [-0.4, -0.2) is 52.8 Å². The van der Waals surface area contributed by atoms with Crippen molar-refractivity contribution in [3.05, 3.63) is 58.4 Å². The van der Waals surface area contributed by atoms with Gasteiger partial charge >= 0.3 is 0 Å². The second-order valence-electron chi connectivity index (χ2n) is 6.02. The lowest BCUT2D eigenvalue weighted by atomic mass is 10.1. The predicted octanol–water partition coefficient (Wildman–Crippen LogP) is 2.22. The molecule has 6 nitrogen and oxygen atoms in total. The number of hydrogen-bond acceptors (Lipinski definition) is 4. The molecule has 1 aromatic heterocycles. The van der Waals surface area contributed by atoms with Crippen molar-refractivity contribution in [1.29, 1.82) is 0 Å². The van der Waals surface area contributed by atoms with Gasteiger partial charge in [0, 0.05) is 48.6 Å². The second-order valence-corrected chi connectivity index (χ2v) is 6.45. The fourth-order valence-corrected chi connectivity index (χ4v) is 2.95. The third-order valence-electron chi connectivity index (χ3n) is 4.31. The van der Waals surface area contributed by atoms with Gasteiger partial charge in [-0.1, -0.05) is 11.6 Å². The molecule has 1 aromatic carbocycles. The molecule has 0 spiro atoms. The van der Waals surface area contributed by atoms with Crippen LogP contribution in [0.1, 0.15) is 26.4 Å². The number of amides is 2. The number of rotatable bonds is 2. The molecule has 0 unspecified atom stereocenters. The van der Waals surface area contributed by atoms with Crippen LogP contribution in [0.5, 0.6) is 0 Å². The molecule has 25 heavy (non-hydrogen) atoms. The van der Waals surface area contributed by atoms with Crippen molar-refractivity contribution in [1.82, 2.24) is 14.8 Å². The summed E-state index contributed by atoms with van der Waals surface area (Å²) in [4.78, 5) is 32.6. The summed E-state index contributed by atoms with van der Waals surface area (Å²) in [6, 6.07) is 8.46. The van der Waals surface area contributed by atoms with Crippen LogP contribution < -0.4 is 5.73 Å². The molecule has 0 saturated carbocycles. The third-order valence-corrected chi connectivity index (χ3v) is 4.55. The molecule has 0 radical (unpaired) electrons. The molecule has 0 atom stereocenters. The van der Waals surface area contributed by atoms with Crippen LogP contribution in [0.2, 0.25) is 5.02 Å². The average Bonchev–Trinajstić information content (AvgIpc) is 2.63. The minimum absolute atomic E-state index is 0.0453. The van der Waals surface area contributed by atoms with Gasteiger partial charge in [-0.25, -0.2) is 0 Å². The van der Waals surface area contributed by atoms with Gasteiger partial charge in [0.05, 0.1) is 0 Å². The van der Waals surface area contributed by atoms with E-state index in [0.29, 0.717) is 48.1 Å². The fraction of sp³-hybridized carbons (Fsp3) is 0.278. The molecule has 1 saturated heterocycles. The lowest BCUT2D eigenvalue weighted by molar-refractivity contribution is 0.0532. The monoisotopic (exact) mass is 358 g/mol. The van der Waals surface area contributed by atoms with Gasteiger partial charge in [0.2, 0.25) is 0 Å². The van der Waals surface area contributed by atoms with Crippen molar-refractivity contribution in [3.8, 4) is 0 Å². The van der Waals surface area contributed by atoms with Crippen molar-refractivity contribution >= 4 is 29.1 Å². The largest absolute Gasteiger partial charge is 0.399 e. The molecule has 7 heteroatoms. The molecule has 3 rings (SSSR count). The Kier molecular flexibility index (Phi) is 4.90. The predicted molar refractivity (Wildman–Crippen MR) is 96.6 cm³/mol. The van der Waals surface area contributed by atoms with Crippen LogP contribution in [0.25, 0.3) is 0 Å². The Bertz CT molecular complexity index is 816. The highest BCUT2D eigenvalue weighted by Gasteiger charge is 2.26. The van der Waals surface area contributed by atoms with Gasteiger partial charge in [-0.2, -0.15) is 0 Å². The maximum atomic E-state index is 12.6. The van der Waals surface area contributed by atoms with E-state index in [1.807, 2.05) is 6.92 Å².